The molecule has 1 aliphatic carbocycles. The van der Waals surface area contributed by atoms with Gasteiger partial charge in [0.15, 0.2) is 11.7 Å². The van der Waals surface area contributed by atoms with E-state index in [9.17, 15) is 4.79 Å². The van der Waals surface area contributed by atoms with E-state index in [-0.39, 0.29) is 12.5 Å². The van der Waals surface area contributed by atoms with Crippen LogP contribution in [-0.2, 0) is 17.6 Å². The van der Waals surface area contributed by atoms with Crippen molar-refractivity contribution >= 4 is 22.4 Å². The number of nitrogens with one attached hydrogen (secondary N) is 1. The van der Waals surface area contributed by atoms with Crippen LogP contribution >= 0.6 is 11.3 Å². The number of fused-ring (bicyclic) bond motifs is 1. The molecule has 0 atom stereocenters. The van der Waals surface area contributed by atoms with Crippen molar-refractivity contribution in [2.24, 2.45) is 0 Å². The molecule has 28 heavy (non-hydrogen) atoms. The average Bonchev–Trinajstić information content (AvgIpc) is 3.16. The summed E-state index contributed by atoms with van der Waals surface area (Å²) in [6.45, 7) is 3.95. The van der Waals surface area contributed by atoms with Gasteiger partial charge >= 0.3 is 0 Å². The van der Waals surface area contributed by atoms with Crippen LogP contribution in [0.25, 0.3) is 11.3 Å². The number of rotatable bonds is 5. The van der Waals surface area contributed by atoms with Gasteiger partial charge in [0.05, 0.1) is 5.69 Å². The van der Waals surface area contributed by atoms with Crippen LogP contribution in [-0.4, -0.2) is 17.5 Å². The fraction of sp³-hybridized carbons (Fsp3) is 0.304. The maximum Gasteiger partial charge on any atom is 0.264 e. The largest absolute Gasteiger partial charge is 0.483 e. The number of nitrogens with zero attached hydrogens (tertiary/aromatic N) is 1. The third-order valence-corrected chi connectivity index (χ3v) is 5.85. The van der Waals surface area contributed by atoms with Gasteiger partial charge in [0.25, 0.3) is 5.91 Å². The van der Waals surface area contributed by atoms with E-state index in [4.69, 9.17) is 4.74 Å². The second kappa shape index (κ2) is 8.15. The summed E-state index contributed by atoms with van der Waals surface area (Å²) in [5.41, 5.74) is 7.04. The third-order valence-electron chi connectivity index (χ3n) is 5.10. The SMILES string of the molecule is Cc1ccc(C)c(OCC(=O)Nc2nc(-c3ccc4c(c3)CCCC4)cs2)c1. The summed E-state index contributed by atoms with van der Waals surface area (Å²) in [6, 6.07) is 12.6. The number of aromatic nitrogens is 1. The lowest BCUT2D eigenvalue weighted by atomic mass is 9.90. The molecule has 1 aromatic heterocycles. The zero-order valence-corrected chi connectivity index (χ0v) is 17.1. The summed E-state index contributed by atoms with van der Waals surface area (Å²) >= 11 is 1.44. The van der Waals surface area contributed by atoms with Crippen LogP contribution in [0.4, 0.5) is 5.13 Å². The number of ether oxygens (including phenoxy) is 1. The summed E-state index contributed by atoms with van der Waals surface area (Å²) < 4.78 is 5.67. The van der Waals surface area contributed by atoms with Gasteiger partial charge in [0.2, 0.25) is 0 Å². The molecular weight excluding hydrogens is 368 g/mol. The maximum atomic E-state index is 12.2. The second-order valence-corrected chi connectivity index (χ2v) is 8.19. The quantitative estimate of drug-likeness (QED) is 0.639. The molecule has 0 spiro atoms. The number of anilines is 1. The summed E-state index contributed by atoms with van der Waals surface area (Å²) in [4.78, 5) is 16.8. The Labute approximate surface area is 169 Å². The van der Waals surface area contributed by atoms with E-state index in [1.54, 1.807) is 0 Å². The van der Waals surface area contributed by atoms with Gasteiger partial charge in [0, 0.05) is 10.9 Å². The molecule has 0 bridgehead atoms. The van der Waals surface area contributed by atoms with Crippen molar-refractivity contribution in [3.8, 4) is 17.0 Å². The molecule has 0 saturated heterocycles. The van der Waals surface area contributed by atoms with Crippen LogP contribution < -0.4 is 10.1 Å². The highest BCUT2D eigenvalue weighted by atomic mass is 32.1. The predicted octanol–water partition coefficient (Wildman–Crippen LogP) is 5.32. The van der Waals surface area contributed by atoms with Crippen LogP contribution in [0, 0.1) is 13.8 Å². The average molecular weight is 393 g/mol. The monoisotopic (exact) mass is 392 g/mol. The highest BCUT2D eigenvalue weighted by molar-refractivity contribution is 7.14. The van der Waals surface area contributed by atoms with Crippen molar-refractivity contribution in [3.63, 3.8) is 0 Å². The molecule has 5 heteroatoms. The van der Waals surface area contributed by atoms with Gasteiger partial charge in [0.1, 0.15) is 5.75 Å². The molecule has 4 nitrogen and oxygen atoms in total. The van der Waals surface area contributed by atoms with Gasteiger partial charge < -0.3 is 4.74 Å². The number of carbonyl (C=O) groups excluding carboxylic acids is 1. The number of thiazole rings is 1. The topological polar surface area (TPSA) is 51.2 Å². The highest BCUT2D eigenvalue weighted by Crippen LogP contribution is 2.29. The van der Waals surface area contributed by atoms with Crippen molar-refractivity contribution in [2.45, 2.75) is 39.5 Å². The Balaban J connectivity index is 1.39. The van der Waals surface area contributed by atoms with Crippen LogP contribution in [0.3, 0.4) is 0 Å². The van der Waals surface area contributed by atoms with E-state index in [0.717, 1.165) is 34.6 Å². The molecule has 0 aliphatic heterocycles. The molecule has 1 N–H and O–H groups in total. The molecule has 0 radical (unpaired) electrons. The van der Waals surface area contributed by atoms with Crippen LogP contribution in [0.15, 0.2) is 41.8 Å². The van der Waals surface area contributed by atoms with E-state index in [1.165, 1.54) is 41.7 Å². The number of benzene rings is 2. The van der Waals surface area contributed by atoms with Gasteiger partial charge in [-0.25, -0.2) is 4.98 Å². The Hall–Kier alpha value is -2.66. The van der Waals surface area contributed by atoms with Gasteiger partial charge in [-0.15, -0.1) is 11.3 Å². The minimum atomic E-state index is -0.202. The smallest absolute Gasteiger partial charge is 0.264 e. The lowest BCUT2D eigenvalue weighted by molar-refractivity contribution is -0.118. The number of amides is 1. The first-order chi connectivity index (χ1) is 13.6. The van der Waals surface area contributed by atoms with Gasteiger partial charge in [-0.1, -0.05) is 24.3 Å². The summed E-state index contributed by atoms with van der Waals surface area (Å²) in [7, 11) is 0. The Kier molecular flexibility index (Phi) is 5.44. The molecule has 4 rings (SSSR count). The first-order valence-corrected chi connectivity index (χ1v) is 10.5. The van der Waals surface area contributed by atoms with E-state index < -0.39 is 0 Å². The van der Waals surface area contributed by atoms with Crippen molar-refractivity contribution in [1.82, 2.24) is 4.98 Å². The second-order valence-electron chi connectivity index (χ2n) is 7.33. The fourth-order valence-electron chi connectivity index (χ4n) is 3.52. The van der Waals surface area contributed by atoms with Crippen LogP contribution in [0.1, 0.15) is 35.1 Å². The molecular formula is C23H24N2O2S. The normalized spacial score (nSPS) is 13.1. The Morgan fingerprint density at radius 3 is 2.79 bits per heavy atom. The number of aryl methyl sites for hydroxylation is 4. The lowest BCUT2D eigenvalue weighted by Gasteiger charge is -2.16. The highest BCUT2D eigenvalue weighted by Gasteiger charge is 2.13. The molecule has 0 saturated carbocycles. The van der Waals surface area contributed by atoms with Crippen LogP contribution in [0.2, 0.25) is 0 Å². The van der Waals surface area contributed by atoms with Gasteiger partial charge in [-0.3, -0.25) is 10.1 Å². The first kappa shape index (κ1) is 18.7. The Morgan fingerprint density at radius 1 is 1.11 bits per heavy atom. The summed E-state index contributed by atoms with van der Waals surface area (Å²) in [6.07, 6.45) is 4.86. The maximum absolute atomic E-state index is 12.2. The predicted molar refractivity (Wildman–Crippen MR) is 114 cm³/mol. The Bertz CT molecular complexity index is 1010. The molecule has 0 unspecified atom stereocenters. The zero-order valence-electron chi connectivity index (χ0n) is 16.2. The lowest BCUT2D eigenvalue weighted by Crippen LogP contribution is -2.20. The standard InChI is InChI=1S/C23H24N2O2S/c1-15-7-8-16(2)21(11-15)27-13-22(26)25-23-24-20(14-28-23)19-10-9-17-5-3-4-6-18(17)12-19/h7-12,14H,3-6,13H2,1-2H3,(H,24,25,26). The molecule has 144 valence electrons. The minimum absolute atomic E-state index is 0.0297. The number of carbonyl (C=O) groups is 1. The minimum Gasteiger partial charge on any atom is -0.483 e. The van der Waals surface area contributed by atoms with Crippen molar-refractivity contribution in [3.05, 3.63) is 64.0 Å². The van der Waals surface area contributed by atoms with Crippen molar-refractivity contribution in [2.75, 3.05) is 11.9 Å². The summed E-state index contributed by atoms with van der Waals surface area (Å²) in [5.74, 6) is 0.538. The fourth-order valence-corrected chi connectivity index (χ4v) is 4.25. The molecule has 1 aliphatic rings. The first-order valence-electron chi connectivity index (χ1n) is 9.66. The van der Waals surface area contributed by atoms with E-state index in [2.05, 4.69) is 28.5 Å². The molecule has 1 heterocycles. The van der Waals surface area contributed by atoms with Crippen molar-refractivity contribution in [1.29, 1.82) is 0 Å². The Morgan fingerprint density at radius 2 is 1.93 bits per heavy atom. The molecule has 0 fully saturated rings. The number of hydrogen-bond donors (Lipinski definition) is 1. The van der Waals surface area contributed by atoms with Gasteiger partial charge in [-0.2, -0.15) is 0 Å². The number of hydrogen-bond acceptors (Lipinski definition) is 4. The molecule has 3 aromatic rings. The molecule has 1 amide bonds. The van der Waals surface area contributed by atoms with E-state index in [1.807, 2.05) is 37.4 Å². The third kappa shape index (κ3) is 4.25. The summed E-state index contributed by atoms with van der Waals surface area (Å²) in [5, 5.41) is 5.43. The zero-order chi connectivity index (χ0) is 19.5. The van der Waals surface area contributed by atoms with Crippen LogP contribution in [0.5, 0.6) is 5.75 Å². The van der Waals surface area contributed by atoms with E-state index >= 15 is 0 Å². The molecule has 2 aromatic carbocycles. The van der Waals surface area contributed by atoms with E-state index in [0.29, 0.717) is 5.13 Å². The van der Waals surface area contributed by atoms with Gasteiger partial charge in [-0.05, 0) is 73.9 Å². The van der Waals surface area contributed by atoms with Crippen molar-refractivity contribution < 1.29 is 9.53 Å².